The van der Waals surface area contributed by atoms with E-state index in [0.29, 0.717) is 0 Å². The molecule has 0 aliphatic carbocycles. The van der Waals surface area contributed by atoms with E-state index in [4.69, 9.17) is 0 Å². The summed E-state index contributed by atoms with van der Waals surface area (Å²) in [5, 5.41) is 5.82. The standard InChI is InChI=1S/C17H17BrN2.ClH/c1-10-8-11(2)15(12(3)9-10)13-6-5-7-14-16(13)19-20(4)17(14)18;/h5-9H,1-4H3;1H. The molecule has 0 amide bonds. The topological polar surface area (TPSA) is 17.8 Å². The van der Waals surface area contributed by atoms with Gasteiger partial charge in [0.25, 0.3) is 0 Å². The third-order valence-corrected chi connectivity index (χ3v) is 4.68. The third-order valence-electron chi connectivity index (χ3n) is 3.74. The molecule has 0 bridgehead atoms. The molecule has 0 fully saturated rings. The lowest BCUT2D eigenvalue weighted by Gasteiger charge is -2.12. The van der Waals surface area contributed by atoms with Crippen molar-refractivity contribution in [3.63, 3.8) is 0 Å². The van der Waals surface area contributed by atoms with Gasteiger partial charge in [0.1, 0.15) is 10.1 Å². The monoisotopic (exact) mass is 364 g/mol. The smallest absolute Gasteiger partial charge is 0.111 e. The predicted molar refractivity (Wildman–Crippen MR) is 95.3 cm³/mol. The van der Waals surface area contributed by atoms with Crippen molar-refractivity contribution in [2.24, 2.45) is 7.05 Å². The molecule has 0 saturated heterocycles. The van der Waals surface area contributed by atoms with Gasteiger partial charge in [-0.2, -0.15) is 5.10 Å². The van der Waals surface area contributed by atoms with Crippen LogP contribution in [0.25, 0.3) is 22.0 Å². The van der Waals surface area contributed by atoms with Gasteiger partial charge in [-0.1, -0.05) is 29.8 Å². The lowest BCUT2D eigenvalue weighted by molar-refractivity contribution is 0.761. The summed E-state index contributed by atoms with van der Waals surface area (Å²) < 4.78 is 2.91. The lowest BCUT2D eigenvalue weighted by atomic mass is 9.93. The van der Waals surface area contributed by atoms with Gasteiger partial charge in [0.05, 0.1) is 0 Å². The van der Waals surface area contributed by atoms with Crippen molar-refractivity contribution >= 4 is 39.2 Å². The predicted octanol–water partition coefficient (Wildman–Crippen LogP) is 5.35. The summed E-state index contributed by atoms with van der Waals surface area (Å²) in [6, 6.07) is 10.8. The van der Waals surface area contributed by atoms with Crippen molar-refractivity contribution in [3.8, 4) is 11.1 Å². The van der Waals surface area contributed by atoms with E-state index in [0.717, 1.165) is 15.5 Å². The van der Waals surface area contributed by atoms with Crippen molar-refractivity contribution in [1.29, 1.82) is 0 Å². The summed E-state index contributed by atoms with van der Waals surface area (Å²) >= 11 is 3.61. The molecule has 2 aromatic carbocycles. The van der Waals surface area contributed by atoms with Crippen LogP contribution in [-0.2, 0) is 7.05 Å². The van der Waals surface area contributed by atoms with Crippen molar-refractivity contribution in [1.82, 2.24) is 9.78 Å². The molecular weight excluding hydrogens is 348 g/mol. The molecule has 1 heterocycles. The average Bonchev–Trinajstić information content (AvgIpc) is 2.66. The molecule has 1 aromatic heterocycles. The van der Waals surface area contributed by atoms with E-state index in [1.807, 2.05) is 11.7 Å². The highest BCUT2D eigenvalue weighted by atomic mass is 79.9. The van der Waals surface area contributed by atoms with Crippen LogP contribution in [-0.4, -0.2) is 9.78 Å². The van der Waals surface area contributed by atoms with Crippen LogP contribution in [0.15, 0.2) is 34.9 Å². The summed E-state index contributed by atoms with van der Waals surface area (Å²) in [7, 11) is 1.96. The minimum absolute atomic E-state index is 0. The first-order valence-electron chi connectivity index (χ1n) is 6.68. The van der Waals surface area contributed by atoms with Gasteiger partial charge in [-0.05, 0) is 59.5 Å². The molecule has 110 valence electrons. The van der Waals surface area contributed by atoms with Gasteiger partial charge in [-0.15, -0.1) is 12.4 Å². The van der Waals surface area contributed by atoms with E-state index in [1.165, 1.54) is 27.8 Å². The van der Waals surface area contributed by atoms with E-state index in [-0.39, 0.29) is 12.4 Å². The quantitative estimate of drug-likeness (QED) is 0.568. The summed E-state index contributed by atoms with van der Waals surface area (Å²) in [5.74, 6) is 0. The zero-order valence-electron chi connectivity index (χ0n) is 12.6. The molecule has 0 atom stereocenters. The second kappa shape index (κ2) is 5.82. The molecule has 21 heavy (non-hydrogen) atoms. The van der Waals surface area contributed by atoms with Crippen LogP contribution in [0.2, 0.25) is 0 Å². The molecule has 0 radical (unpaired) electrons. The highest BCUT2D eigenvalue weighted by molar-refractivity contribution is 9.10. The number of rotatable bonds is 1. The number of fused-ring (bicyclic) bond motifs is 1. The first-order valence-corrected chi connectivity index (χ1v) is 7.48. The maximum atomic E-state index is 4.66. The Balaban J connectivity index is 0.00000161. The minimum atomic E-state index is 0. The average molecular weight is 366 g/mol. The number of aryl methyl sites for hydroxylation is 4. The Hall–Kier alpha value is -1.32. The first-order chi connectivity index (χ1) is 9.49. The van der Waals surface area contributed by atoms with Gasteiger partial charge in [0, 0.05) is 18.0 Å². The SMILES string of the molecule is Cc1cc(C)c(-c2cccc3c(Br)n(C)nc23)c(C)c1.Cl. The largest absolute Gasteiger partial charge is 0.260 e. The Labute approximate surface area is 139 Å². The van der Waals surface area contributed by atoms with Crippen LogP contribution in [0.1, 0.15) is 16.7 Å². The van der Waals surface area contributed by atoms with Gasteiger partial charge < -0.3 is 0 Å². The van der Waals surface area contributed by atoms with Crippen molar-refractivity contribution < 1.29 is 0 Å². The Kier molecular flexibility index (Phi) is 4.45. The van der Waals surface area contributed by atoms with E-state index in [9.17, 15) is 0 Å². The molecule has 0 aliphatic heterocycles. The van der Waals surface area contributed by atoms with Gasteiger partial charge in [-0.3, -0.25) is 4.68 Å². The molecule has 0 unspecified atom stereocenters. The molecule has 0 N–H and O–H groups in total. The lowest BCUT2D eigenvalue weighted by Crippen LogP contribution is -1.92. The summed E-state index contributed by atoms with van der Waals surface area (Å²) in [6.07, 6.45) is 0. The zero-order valence-corrected chi connectivity index (χ0v) is 15.0. The molecule has 3 aromatic rings. The molecule has 0 aliphatic rings. The van der Waals surface area contributed by atoms with Crippen molar-refractivity contribution in [3.05, 3.63) is 51.6 Å². The van der Waals surface area contributed by atoms with Gasteiger partial charge >= 0.3 is 0 Å². The number of benzene rings is 2. The van der Waals surface area contributed by atoms with Crippen molar-refractivity contribution in [2.75, 3.05) is 0 Å². The fourth-order valence-electron chi connectivity index (χ4n) is 2.99. The molecule has 4 heteroatoms. The third kappa shape index (κ3) is 2.60. The molecule has 0 saturated carbocycles. The Morgan fingerprint density at radius 1 is 1.05 bits per heavy atom. The number of hydrogen-bond donors (Lipinski definition) is 0. The zero-order chi connectivity index (χ0) is 14.4. The molecule has 3 rings (SSSR count). The fraction of sp³-hybridized carbons (Fsp3) is 0.235. The van der Waals surface area contributed by atoms with E-state index in [1.54, 1.807) is 0 Å². The summed E-state index contributed by atoms with van der Waals surface area (Å²) in [4.78, 5) is 0. The Bertz CT molecular complexity index is 798. The molecule has 0 spiro atoms. The summed E-state index contributed by atoms with van der Waals surface area (Å²) in [5.41, 5.74) is 7.47. The highest BCUT2D eigenvalue weighted by Gasteiger charge is 2.14. The highest BCUT2D eigenvalue weighted by Crippen LogP contribution is 2.35. The second-order valence-corrected chi connectivity index (χ2v) is 6.14. The number of halogens is 2. The fourth-order valence-corrected chi connectivity index (χ4v) is 3.39. The van der Waals surface area contributed by atoms with Gasteiger partial charge in [0.15, 0.2) is 0 Å². The van der Waals surface area contributed by atoms with Gasteiger partial charge in [-0.25, -0.2) is 0 Å². The van der Waals surface area contributed by atoms with Gasteiger partial charge in [0.2, 0.25) is 0 Å². The van der Waals surface area contributed by atoms with E-state index in [2.05, 4.69) is 72.1 Å². The number of hydrogen-bond acceptors (Lipinski definition) is 1. The van der Waals surface area contributed by atoms with Crippen molar-refractivity contribution in [2.45, 2.75) is 20.8 Å². The maximum absolute atomic E-state index is 4.66. The number of aromatic nitrogens is 2. The van der Waals surface area contributed by atoms with Crippen LogP contribution in [0.3, 0.4) is 0 Å². The molecular formula is C17H18BrClN2. The van der Waals surface area contributed by atoms with Crippen LogP contribution >= 0.6 is 28.3 Å². The second-order valence-electron chi connectivity index (χ2n) is 5.39. The normalized spacial score (nSPS) is 10.7. The Morgan fingerprint density at radius 3 is 2.29 bits per heavy atom. The van der Waals surface area contributed by atoms with Crippen LogP contribution < -0.4 is 0 Å². The van der Waals surface area contributed by atoms with Crippen LogP contribution in [0, 0.1) is 20.8 Å². The van der Waals surface area contributed by atoms with E-state index >= 15 is 0 Å². The maximum Gasteiger partial charge on any atom is 0.111 e. The molecule has 2 nitrogen and oxygen atoms in total. The van der Waals surface area contributed by atoms with Crippen LogP contribution in [0.5, 0.6) is 0 Å². The number of nitrogens with zero attached hydrogens (tertiary/aromatic N) is 2. The minimum Gasteiger partial charge on any atom is -0.260 e. The Morgan fingerprint density at radius 2 is 1.67 bits per heavy atom. The summed E-state index contributed by atoms with van der Waals surface area (Å²) in [6.45, 7) is 6.49. The first kappa shape index (κ1) is 16.1. The van der Waals surface area contributed by atoms with Crippen LogP contribution in [0.4, 0.5) is 0 Å². The van der Waals surface area contributed by atoms with E-state index < -0.39 is 0 Å².